The predicted molar refractivity (Wildman–Crippen MR) is 96.0 cm³/mol. The maximum Gasteiger partial charge on any atom is 0.160 e. The van der Waals surface area contributed by atoms with Gasteiger partial charge in [-0.3, -0.25) is 0 Å². The second kappa shape index (κ2) is 7.70. The van der Waals surface area contributed by atoms with E-state index in [1.165, 1.54) is 12.0 Å². The molecule has 0 aliphatic rings. The summed E-state index contributed by atoms with van der Waals surface area (Å²) < 4.78 is 10.8. The lowest BCUT2D eigenvalue weighted by Gasteiger charge is -2.46. The average molecular weight is 328 g/mol. The van der Waals surface area contributed by atoms with Gasteiger partial charge in [0.2, 0.25) is 0 Å². The van der Waals surface area contributed by atoms with Crippen molar-refractivity contribution in [2.45, 2.75) is 24.6 Å². The molecule has 1 aromatic carbocycles. The molecular weight excluding hydrogens is 303 g/mol. The van der Waals surface area contributed by atoms with Crippen molar-refractivity contribution in [3.8, 4) is 11.5 Å². The summed E-state index contributed by atoms with van der Waals surface area (Å²) in [6, 6.07) is 5.49. The first-order valence-electron chi connectivity index (χ1n) is 6.80. The first-order chi connectivity index (χ1) is 9.73. The summed E-state index contributed by atoms with van der Waals surface area (Å²) in [5, 5.41) is 9.60. The zero-order valence-corrected chi connectivity index (χ0v) is 15.1. The topological polar surface area (TPSA) is 38.7 Å². The van der Waals surface area contributed by atoms with E-state index in [9.17, 15) is 5.11 Å². The first kappa shape index (κ1) is 18.6. The molecule has 0 bridgehead atoms. The molecule has 0 aliphatic carbocycles. The minimum absolute atomic E-state index is 0.176. The van der Waals surface area contributed by atoms with Crippen LogP contribution >= 0.6 is 22.1 Å². The Morgan fingerprint density at radius 3 is 2.62 bits per heavy atom. The third kappa shape index (κ3) is 5.04. The van der Waals surface area contributed by atoms with Crippen LogP contribution in [0.4, 0.5) is 0 Å². The van der Waals surface area contributed by atoms with Crippen molar-refractivity contribution in [3.05, 3.63) is 23.8 Å². The highest BCUT2D eigenvalue weighted by molar-refractivity contribution is 8.34. The predicted octanol–water partition coefficient (Wildman–Crippen LogP) is 3.53. The standard InChI is InChI=1S/C15H25BO3S2/c1-15(16,19-20-3)21(4,5)10-6-7-12-8-9-13(17)14(11-12)18-2/h8-9,11,17H,6-7,10H2,1-5H3. The lowest BCUT2D eigenvalue weighted by molar-refractivity contribution is 0.317. The summed E-state index contributed by atoms with van der Waals surface area (Å²) in [5.74, 6) is 1.73. The van der Waals surface area contributed by atoms with E-state index in [0.29, 0.717) is 5.75 Å². The van der Waals surface area contributed by atoms with E-state index >= 15 is 0 Å². The molecule has 6 heteroatoms. The van der Waals surface area contributed by atoms with Crippen molar-refractivity contribution in [3.63, 3.8) is 0 Å². The van der Waals surface area contributed by atoms with Crippen LogP contribution in [0.5, 0.6) is 11.5 Å². The summed E-state index contributed by atoms with van der Waals surface area (Å²) in [7, 11) is 6.79. The number of hydrogen-bond donors (Lipinski definition) is 1. The first-order valence-corrected chi connectivity index (χ1v) is 10.6. The second-order valence-corrected chi connectivity index (χ2v) is 10.4. The number of phenols is 1. The molecule has 0 amide bonds. The van der Waals surface area contributed by atoms with Gasteiger partial charge in [0.15, 0.2) is 11.5 Å². The van der Waals surface area contributed by atoms with Gasteiger partial charge < -0.3 is 14.0 Å². The van der Waals surface area contributed by atoms with Gasteiger partial charge in [-0.15, -0.1) is 0 Å². The Hall–Kier alpha value is -0.455. The number of benzene rings is 1. The van der Waals surface area contributed by atoms with Crippen molar-refractivity contribution in [2.24, 2.45) is 0 Å². The SMILES string of the molecule is [B]C(C)(OSC)S(C)(C)CCCc1ccc(O)c(OC)c1. The largest absolute Gasteiger partial charge is 0.504 e. The fourth-order valence-corrected chi connectivity index (χ4v) is 4.52. The van der Waals surface area contributed by atoms with Crippen LogP contribution in [0.25, 0.3) is 0 Å². The van der Waals surface area contributed by atoms with Gasteiger partial charge in [-0.05, 0) is 67.8 Å². The fourth-order valence-electron chi connectivity index (χ4n) is 1.97. The van der Waals surface area contributed by atoms with Gasteiger partial charge in [0.05, 0.1) is 11.9 Å². The van der Waals surface area contributed by atoms with E-state index in [2.05, 4.69) is 12.5 Å². The zero-order valence-electron chi connectivity index (χ0n) is 13.5. The summed E-state index contributed by atoms with van der Waals surface area (Å²) in [5.41, 5.74) is 1.16. The number of ether oxygens (including phenoxy) is 1. The minimum atomic E-state index is -1.06. The maximum atomic E-state index is 9.60. The Kier molecular flexibility index (Phi) is 6.82. The van der Waals surface area contributed by atoms with Crippen LogP contribution in [0, 0.1) is 0 Å². The number of aryl methyl sites for hydroxylation is 1. The molecule has 21 heavy (non-hydrogen) atoms. The number of aromatic hydroxyl groups is 1. The highest BCUT2D eigenvalue weighted by Crippen LogP contribution is 2.53. The lowest BCUT2D eigenvalue weighted by atomic mass is 10.0. The van der Waals surface area contributed by atoms with Gasteiger partial charge in [0.25, 0.3) is 0 Å². The molecule has 0 fully saturated rings. The van der Waals surface area contributed by atoms with Gasteiger partial charge in [-0.25, -0.2) is 10.0 Å². The third-order valence-corrected chi connectivity index (χ3v) is 7.92. The molecule has 0 spiro atoms. The van der Waals surface area contributed by atoms with Crippen molar-refractivity contribution in [1.82, 2.24) is 0 Å². The minimum Gasteiger partial charge on any atom is -0.504 e. The Morgan fingerprint density at radius 1 is 1.38 bits per heavy atom. The van der Waals surface area contributed by atoms with Crippen LogP contribution in [0.2, 0.25) is 0 Å². The molecule has 0 saturated heterocycles. The Balaban J connectivity index is 2.60. The van der Waals surface area contributed by atoms with Crippen molar-refractivity contribution in [2.75, 3.05) is 31.6 Å². The molecule has 1 atom stereocenters. The van der Waals surface area contributed by atoms with Crippen LogP contribution < -0.4 is 4.74 Å². The Labute approximate surface area is 135 Å². The van der Waals surface area contributed by atoms with Crippen LogP contribution in [0.1, 0.15) is 18.9 Å². The van der Waals surface area contributed by atoms with E-state index in [1.54, 1.807) is 13.2 Å². The van der Waals surface area contributed by atoms with Crippen LogP contribution in [0.15, 0.2) is 18.2 Å². The smallest absolute Gasteiger partial charge is 0.160 e. The number of hydrogen-bond acceptors (Lipinski definition) is 4. The summed E-state index contributed by atoms with van der Waals surface area (Å²) in [4.78, 5) is -0.584. The third-order valence-electron chi connectivity index (χ3n) is 3.71. The molecular formula is C15H25BO3S2. The van der Waals surface area contributed by atoms with Crippen LogP contribution in [-0.4, -0.2) is 49.4 Å². The van der Waals surface area contributed by atoms with Gasteiger partial charge in [-0.1, -0.05) is 6.07 Å². The normalized spacial score (nSPS) is 15.5. The molecule has 0 aromatic heterocycles. The highest BCUT2D eigenvalue weighted by Gasteiger charge is 2.32. The van der Waals surface area contributed by atoms with Gasteiger partial charge in [0, 0.05) is 6.26 Å². The molecule has 2 radical (unpaired) electrons. The molecule has 1 N–H and O–H groups in total. The Morgan fingerprint density at radius 2 is 2.05 bits per heavy atom. The molecule has 1 aromatic rings. The van der Waals surface area contributed by atoms with Gasteiger partial charge in [0.1, 0.15) is 7.85 Å². The molecule has 1 rings (SSSR count). The fraction of sp³-hybridized carbons (Fsp3) is 0.600. The van der Waals surface area contributed by atoms with E-state index in [1.807, 2.05) is 25.3 Å². The molecule has 0 aliphatic heterocycles. The molecule has 0 heterocycles. The second-order valence-electron chi connectivity index (χ2n) is 5.62. The number of methoxy groups -OCH3 is 1. The van der Waals surface area contributed by atoms with E-state index in [4.69, 9.17) is 16.8 Å². The van der Waals surface area contributed by atoms with Gasteiger partial charge in [-0.2, -0.15) is 0 Å². The summed E-state index contributed by atoms with van der Waals surface area (Å²) in [6.45, 7) is 1.96. The lowest BCUT2D eigenvalue weighted by Crippen LogP contribution is -2.34. The van der Waals surface area contributed by atoms with E-state index in [-0.39, 0.29) is 5.75 Å². The van der Waals surface area contributed by atoms with E-state index in [0.717, 1.165) is 24.2 Å². The zero-order chi connectivity index (χ0) is 16.1. The van der Waals surface area contributed by atoms with Gasteiger partial charge >= 0.3 is 0 Å². The van der Waals surface area contributed by atoms with E-state index < -0.39 is 14.9 Å². The monoisotopic (exact) mass is 328 g/mol. The quantitative estimate of drug-likeness (QED) is 0.585. The number of rotatable bonds is 8. The Bertz CT molecular complexity index is 464. The van der Waals surface area contributed by atoms with Crippen LogP contribution in [-0.2, 0) is 10.6 Å². The maximum absolute atomic E-state index is 9.60. The van der Waals surface area contributed by atoms with Crippen molar-refractivity contribution < 1.29 is 14.0 Å². The summed E-state index contributed by atoms with van der Waals surface area (Å²) in [6.07, 6.45) is 8.27. The van der Waals surface area contributed by atoms with Crippen molar-refractivity contribution in [1.29, 1.82) is 0 Å². The summed E-state index contributed by atoms with van der Waals surface area (Å²) >= 11 is 1.32. The van der Waals surface area contributed by atoms with Crippen molar-refractivity contribution >= 4 is 29.9 Å². The van der Waals surface area contributed by atoms with Crippen LogP contribution in [0.3, 0.4) is 0 Å². The average Bonchev–Trinajstić information content (AvgIpc) is 2.40. The molecule has 3 nitrogen and oxygen atoms in total. The molecule has 0 saturated carbocycles. The highest BCUT2D eigenvalue weighted by atomic mass is 32.3. The number of phenolic OH excluding ortho intramolecular Hbond substituents is 1. The molecule has 118 valence electrons. The molecule has 1 unspecified atom stereocenters.